The van der Waals surface area contributed by atoms with E-state index in [9.17, 15) is 0 Å². The number of fused-ring (bicyclic) bond motifs is 1. The SMILES string of the molecule is Cc1ccc2c(c1C)OC(c1ccc(Cl)cc1)CN2. The molecule has 0 spiro atoms. The average molecular weight is 274 g/mol. The molecule has 0 saturated carbocycles. The van der Waals surface area contributed by atoms with Crippen LogP contribution in [0.1, 0.15) is 22.8 Å². The van der Waals surface area contributed by atoms with Crippen LogP contribution in [-0.4, -0.2) is 6.54 Å². The molecule has 0 aromatic heterocycles. The van der Waals surface area contributed by atoms with Crippen molar-refractivity contribution in [3.8, 4) is 5.75 Å². The van der Waals surface area contributed by atoms with Gasteiger partial charge in [-0.25, -0.2) is 0 Å². The Morgan fingerprint density at radius 2 is 1.84 bits per heavy atom. The first-order valence-electron chi connectivity index (χ1n) is 6.41. The number of hydrogen-bond donors (Lipinski definition) is 1. The largest absolute Gasteiger partial charge is 0.481 e. The fourth-order valence-electron chi connectivity index (χ4n) is 2.33. The zero-order valence-electron chi connectivity index (χ0n) is 11.0. The summed E-state index contributed by atoms with van der Waals surface area (Å²) in [6.07, 6.45) is 0.0327. The summed E-state index contributed by atoms with van der Waals surface area (Å²) in [5.41, 5.74) is 4.66. The minimum absolute atomic E-state index is 0.0327. The van der Waals surface area contributed by atoms with Gasteiger partial charge in [-0.1, -0.05) is 29.8 Å². The second-order valence-corrected chi connectivity index (χ2v) is 5.36. The molecule has 1 atom stereocenters. The van der Waals surface area contributed by atoms with Gasteiger partial charge in [0.15, 0.2) is 0 Å². The van der Waals surface area contributed by atoms with Gasteiger partial charge in [0.2, 0.25) is 0 Å². The molecule has 1 unspecified atom stereocenters. The molecule has 1 N–H and O–H groups in total. The van der Waals surface area contributed by atoms with Crippen LogP contribution in [0.2, 0.25) is 5.02 Å². The Morgan fingerprint density at radius 3 is 2.58 bits per heavy atom. The van der Waals surface area contributed by atoms with Crippen LogP contribution in [0.3, 0.4) is 0 Å². The lowest BCUT2D eigenvalue weighted by Gasteiger charge is -2.29. The van der Waals surface area contributed by atoms with E-state index in [2.05, 4.69) is 31.3 Å². The summed E-state index contributed by atoms with van der Waals surface area (Å²) in [6.45, 7) is 4.97. The lowest BCUT2D eigenvalue weighted by Crippen LogP contribution is -2.24. The van der Waals surface area contributed by atoms with E-state index in [0.29, 0.717) is 0 Å². The predicted molar refractivity (Wildman–Crippen MR) is 79.2 cm³/mol. The Bertz CT molecular complexity index is 607. The third-order valence-corrected chi connectivity index (χ3v) is 3.91. The van der Waals surface area contributed by atoms with Crippen LogP contribution in [0.4, 0.5) is 5.69 Å². The van der Waals surface area contributed by atoms with E-state index in [0.717, 1.165) is 28.6 Å². The average Bonchev–Trinajstić information content (AvgIpc) is 2.44. The zero-order chi connectivity index (χ0) is 13.4. The molecule has 2 aromatic carbocycles. The molecule has 3 heteroatoms. The number of halogens is 1. The van der Waals surface area contributed by atoms with E-state index in [-0.39, 0.29) is 6.10 Å². The van der Waals surface area contributed by atoms with Crippen molar-refractivity contribution in [3.05, 3.63) is 58.1 Å². The van der Waals surface area contributed by atoms with Gasteiger partial charge in [-0.15, -0.1) is 0 Å². The van der Waals surface area contributed by atoms with Crippen molar-refractivity contribution in [2.75, 3.05) is 11.9 Å². The van der Waals surface area contributed by atoms with Crippen LogP contribution in [-0.2, 0) is 0 Å². The number of aryl methyl sites for hydroxylation is 1. The Labute approximate surface area is 118 Å². The van der Waals surface area contributed by atoms with Crippen molar-refractivity contribution in [3.63, 3.8) is 0 Å². The van der Waals surface area contributed by atoms with E-state index < -0.39 is 0 Å². The maximum atomic E-state index is 6.16. The molecule has 1 aliphatic heterocycles. The zero-order valence-corrected chi connectivity index (χ0v) is 11.8. The monoisotopic (exact) mass is 273 g/mol. The second kappa shape index (κ2) is 4.78. The normalized spacial score (nSPS) is 17.3. The van der Waals surface area contributed by atoms with Gasteiger partial charge in [0.05, 0.1) is 12.2 Å². The molecule has 1 aliphatic rings. The number of rotatable bonds is 1. The van der Waals surface area contributed by atoms with Gasteiger partial charge >= 0.3 is 0 Å². The van der Waals surface area contributed by atoms with E-state index in [1.165, 1.54) is 11.1 Å². The molecule has 19 heavy (non-hydrogen) atoms. The smallest absolute Gasteiger partial charge is 0.146 e. The highest BCUT2D eigenvalue weighted by Crippen LogP contribution is 2.38. The van der Waals surface area contributed by atoms with Gasteiger partial charge in [-0.05, 0) is 48.7 Å². The summed E-state index contributed by atoms with van der Waals surface area (Å²) >= 11 is 5.92. The minimum Gasteiger partial charge on any atom is -0.481 e. The molecule has 0 aliphatic carbocycles. The van der Waals surface area contributed by atoms with Crippen molar-refractivity contribution in [1.29, 1.82) is 0 Å². The first-order valence-corrected chi connectivity index (χ1v) is 6.79. The Balaban J connectivity index is 1.93. The van der Waals surface area contributed by atoms with E-state index in [1.54, 1.807) is 0 Å². The van der Waals surface area contributed by atoms with Crippen molar-refractivity contribution >= 4 is 17.3 Å². The molecule has 98 valence electrons. The standard InChI is InChI=1S/C16H16ClNO/c1-10-3-8-14-16(11(10)2)19-15(9-18-14)12-4-6-13(17)7-5-12/h3-8,15,18H,9H2,1-2H3. The first-order chi connectivity index (χ1) is 9.15. The molecule has 0 bridgehead atoms. The quantitative estimate of drug-likeness (QED) is 0.826. The molecular formula is C16H16ClNO. The number of anilines is 1. The van der Waals surface area contributed by atoms with Gasteiger partial charge < -0.3 is 10.1 Å². The van der Waals surface area contributed by atoms with Gasteiger partial charge in [0, 0.05) is 5.02 Å². The van der Waals surface area contributed by atoms with E-state index >= 15 is 0 Å². The lowest BCUT2D eigenvalue weighted by atomic mass is 10.0. The van der Waals surface area contributed by atoms with Crippen molar-refractivity contribution < 1.29 is 4.74 Å². The van der Waals surface area contributed by atoms with E-state index in [4.69, 9.17) is 16.3 Å². The van der Waals surface area contributed by atoms with Gasteiger partial charge in [-0.3, -0.25) is 0 Å². The lowest BCUT2D eigenvalue weighted by molar-refractivity contribution is 0.209. The maximum Gasteiger partial charge on any atom is 0.146 e. The molecule has 0 amide bonds. The highest BCUT2D eigenvalue weighted by molar-refractivity contribution is 6.30. The number of ether oxygens (including phenoxy) is 1. The summed E-state index contributed by atoms with van der Waals surface area (Å²) in [6, 6.07) is 12.0. The highest BCUT2D eigenvalue weighted by atomic mass is 35.5. The molecule has 0 saturated heterocycles. The molecule has 3 rings (SSSR count). The topological polar surface area (TPSA) is 21.3 Å². The maximum absolute atomic E-state index is 6.16. The Kier molecular flexibility index (Phi) is 3.11. The van der Waals surface area contributed by atoms with Crippen LogP contribution in [0.25, 0.3) is 0 Å². The minimum atomic E-state index is 0.0327. The van der Waals surface area contributed by atoms with Crippen LogP contribution in [0, 0.1) is 13.8 Å². The highest BCUT2D eigenvalue weighted by Gasteiger charge is 2.22. The third-order valence-electron chi connectivity index (χ3n) is 3.66. The van der Waals surface area contributed by atoms with Crippen LogP contribution in [0.15, 0.2) is 36.4 Å². The predicted octanol–water partition coefficient (Wildman–Crippen LogP) is 4.50. The number of nitrogens with one attached hydrogen (secondary N) is 1. The summed E-state index contributed by atoms with van der Waals surface area (Å²) in [5, 5.41) is 4.19. The summed E-state index contributed by atoms with van der Waals surface area (Å²) in [7, 11) is 0. The fraction of sp³-hybridized carbons (Fsp3) is 0.250. The molecular weight excluding hydrogens is 258 g/mol. The Hall–Kier alpha value is -1.67. The van der Waals surface area contributed by atoms with Gasteiger partial charge in [-0.2, -0.15) is 0 Å². The van der Waals surface area contributed by atoms with Crippen molar-refractivity contribution in [2.45, 2.75) is 20.0 Å². The first kappa shape index (κ1) is 12.4. The molecule has 0 radical (unpaired) electrons. The van der Waals surface area contributed by atoms with Crippen LogP contribution >= 0.6 is 11.6 Å². The second-order valence-electron chi connectivity index (χ2n) is 4.92. The van der Waals surface area contributed by atoms with Crippen molar-refractivity contribution in [1.82, 2.24) is 0 Å². The summed E-state index contributed by atoms with van der Waals surface area (Å²) < 4.78 is 6.16. The molecule has 1 heterocycles. The molecule has 2 nitrogen and oxygen atoms in total. The molecule has 2 aromatic rings. The molecule has 0 fully saturated rings. The van der Waals surface area contributed by atoms with Crippen LogP contribution < -0.4 is 10.1 Å². The Morgan fingerprint density at radius 1 is 1.11 bits per heavy atom. The van der Waals surface area contributed by atoms with Gasteiger partial charge in [0.25, 0.3) is 0 Å². The van der Waals surface area contributed by atoms with Gasteiger partial charge in [0.1, 0.15) is 11.9 Å². The summed E-state index contributed by atoms with van der Waals surface area (Å²) in [5.74, 6) is 0.964. The van der Waals surface area contributed by atoms with Crippen LogP contribution in [0.5, 0.6) is 5.75 Å². The summed E-state index contributed by atoms with van der Waals surface area (Å²) in [4.78, 5) is 0. The number of hydrogen-bond acceptors (Lipinski definition) is 2. The van der Waals surface area contributed by atoms with E-state index in [1.807, 2.05) is 24.3 Å². The number of benzene rings is 2. The fourth-order valence-corrected chi connectivity index (χ4v) is 2.46. The third kappa shape index (κ3) is 2.28. The van der Waals surface area contributed by atoms with Crippen molar-refractivity contribution in [2.24, 2.45) is 0 Å².